The van der Waals surface area contributed by atoms with Gasteiger partial charge in [0.2, 0.25) is 0 Å². The Morgan fingerprint density at radius 3 is 2.61 bits per heavy atom. The normalized spacial score (nSPS) is 12.0. The molecule has 7 nitrogen and oxygen atoms in total. The van der Waals surface area contributed by atoms with Gasteiger partial charge in [0.15, 0.2) is 0 Å². The number of fused-ring (bicyclic) bond motifs is 1. The Morgan fingerprint density at radius 1 is 1.25 bits per heavy atom. The molecule has 0 spiro atoms. The summed E-state index contributed by atoms with van der Waals surface area (Å²) in [5.41, 5.74) is 0.875. The fourth-order valence-corrected chi connectivity index (χ4v) is 4.04. The monoisotopic (exact) mass is 399 g/mol. The number of nitrogens with one attached hydrogen (secondary N) is 1. The number of anilines is 1. The number of hydrogen-bond acceptors (Lipinski definition) is 6. The number of amides is 1. The number of nitrogens with zero attached hydrogens (tertiary/aromatic N) is 2. The zero-order chi connectivity index (χ0) is 20.3. The summed E-state index contributed by atoms with van der Waals surface area (Å²) < 4.78 is 6.36. The second-order valence-electron chi connectivity index (χ2n) is 6.19. The fraction of sp³-hybridized carbons (Fsp3) is 0.300. The van der Waals surface area contributed by atoms with E-state index in [0.717, 1.165) is 11.3 Å². The Kier molecular flexibility index (Phi) is 5.89. The highest BCUT2D eigenvalue weighted by Crippen LogP contribution is 2.28. The van der Waals surface area contributed by atoms with Gasteiger partial charge >= 0.3 is 5.97 Å². The van der Waals surface area contributed by atoms with Crippen molar-refractivity contribution in [2.24, 2.45) is 0 Å². The van der Waals surface area contributed by atoms with Gasteiger partial charge in [0.1, 0.15) is 10.9 Å². The Hall–Kier alpha value is -3.00. The number of aryl methyl sites for hydroxylation is 1. The smallest absolute Gasteiger partial charge is 0.329 e. The lowest BCUT2D eigenvalue weighted by Crippen LogP contribution is -2.31. The summed E-state index contributed by atoms with van der Waals surface area (Å²) in [7, 11) is 0. The minimum atomic E-state index is -0.745. The molecule has 146 valence electrons. The fourth-order valence-electron chi connectivity index (χ4n) is 3.00. The van der Waals surface area contributed by atoms with Gasteiger partial charge in [-0.2, -0.15) is 0 Å². The van der Waals surface area contributed by atoms with Crippen LogP contribution in [0.5, 0.6) is 0 Å². The van der Waals surface area contributed by atoms with Gasteiger partial charge in [0.05, 0.1) is 23.2 Å². The molecule has 0 aliphatic rings. The van der Waals surface area contributed by atoms with Gasteiger partial charge in [0, 0.05) is 5.69 Å². The summed E-state index contributed by atoms with van der Waals surface area (Å²) in [6, 6.07) is 8.35. The van der Waals surface area contributed by atoms with E-state index in [0.29, 0.717) is 32.8 Å². The molecule has 8 heteroatoms. The molecule has 0 saturated carbocycles. The summed E-state index contributed by atoms with van der Waals surface area (Å²) in [4.78, 5) is 43.1. The standard InChI is InChI=1S/C20H21N3O4S/c1-4-14(20(26)27-5-2)23-11-21-18-15(19(23)25)12(3)16(28-18)17(24)22-13-9-7-6-8-10-13/h6-11,14H,4-5H2,1-3H3,(H,22,24). The molecule has 0 bridgehead atoms. The highest BCUT2D eigenvalue weighted by molar-refractivity contribution is 7.20. The van der Waals surface area contributed by atoms with Crippen LogP contribution in [-0.2, 0) is 9.53 Å². The molecule has 0 saturated heterocycles. The largest absolute Gasteiger partial charge is 0.464 e. The zero-order valence-corrected chi connectivity index (χ0v) is 16.7. The third-order valence-electron chi connectivity index (χ3n) is 4.39. The first-order valence-electron chi connectivity index (χ1n) is 9.01. The summed E-state index contributed by atoms with van der Waals surface area (Å²) >= 11 is 1.16. The molecular weight excluding hydrogens is 378 g/mol. The maximum absolute atomic E-state index is 13.0. The van der Waals surface area contributed by atoms with Crippen LogP contribution in [0.4, 0.5) is 5.69 Å². The first kappa shape index (κ1) is 19.8. The van der Waals surface area contributed by atoms with Crippen LogP contribution in [0.15, 0.2) is 41.5 Å². The predicted molar refractivity (Wildman–Crippen MR) is 109 cm³/mol. The number of thiophene rings is 1. The molecule has 0 aliphatic carbocycles. The third kappa shape index (κ3) is 3.68. The van der Waals surface area contributed by atoms with Crippen LogP contribution in [0.25, 0.3) is 10.2 Å². The summed E-state index contributed by atoms with van der Waals surface area (Å²) in [6.07, 6.45) is 1.75. The molecular formula is C20H21N3O4S. The SMILES string of the molecule is CCOC(=O)C(CC)n1cnc2sc(C(=O)Nc3ccccc3)c(C)c2c1=O. The number of ether oxygens (including phenoxy) is 1. The van der Waals surface area contributed by atoms with Crippen LogP contribution >= 0.6 is 11.3 Å². The molecule has 3 aromatic rings. The average molecular weight is 399 g/mol. The van der Waals surface area contributed by atoms with E-state index < -0.39 is 12.0 Å². The number of rotatable bonds is 6. The van der Waals surface area contributed by atoms with Crippen molar-refractivity contribution in [3.05, 3.63) is 57.5 Å². The van der Waals surface area contributed by atoms with Crippen molar-refractivity contribution in [3.8, 4) is 0 Å². The van der Waals surface area contributed by atoms with Crippen molar-refractivity contribution in [1.82, 2.24) is 9.55 Å². The molecule has 1 amide bonds. The van der Waals surface area contributed by atoms with E-state index in [-0.39, 0.29) is 18.1 Å². The molecule has 2 aromatic heterocycles. The van der Waals surface area contributed by atoms with E-state index >= 15 is 0 Å². The topological polar surface area (TPSA) is 90.3 Å². The molecule has 2 heterocycles. The van der Waals surface area contributed by atoms with Gasteiger partial charge < -0.3 is 10.1 Å². The summed E-state index contributed by atoms with van der Waals surface area (Å²) in [5, 5.41) is 3.18. The Bertz CT molecular complexity index is 1070. The lowest BCUT2D eigenvalue weighted by molar-refractivity contribution is -0.147. The second-order valence-corrected chi connectivity index (χ2v) is 7.19. The van der Waals surface area contributed by atoms with Crippen LogP contribution in [0, 0.1) is 6.92 Å². The molecule has 3 rings (SSSR count). The number of benzene rings is 1. The summed E-state index contributed by atoms with van der Waals surface area (Å²) in [5.74, 6) is -0.765. The first-order valence-corrected chi connectivity index (χ1v) is 9.82. The van der Waals surface area contributed by atoms with E-state index in [4.69, 9.17) is 4.74 Å². The van der Waals surface area contributed by atoms with Crippen LogP contribution in [0.3, 0.4) is 0 Å². The Labute approximate surface area is 166 Å². The number of aromatic nitrogens is 2. The Morgan fingerprint density at radius 2 is 1.96 bits per heavy atom. The van der Waals surface area contributed by atoms with Gasteiger partial charge in [-0.05, 0) is 38.0 Å². The van der Waals surface area contributed by atoms with Gasteiger partial charge in [-0.25, -0.2) is 9.78 Å². The van der Waals surface area contributed by atoms with Crippen molar-refractivity contribution in [2.75, 3.05) is 11.9 Å². The maximum atomic E-state index is 13.0. The molecule has 0 aliphatic heterocycles. The highest BCUT2D eigenvalue weighted by atomic mass is 32.1. The van der Waals surface area contributed by atoms with Gasteiger partial charge in [-0.15, -0.1) is 11.3 Å². The molecule has 1 unspecified atom stereocenters. The van der Waals surface area contributed by atoms with Crippen molar-refractivity contribution >= 4 is 39.1 Å². The molecule has 0 fully saturated rings. The van der Waals surface area contributed by atoms with Crippen molar-refractivity contribution in [3.63, 3.8) is 0 Å². The van der Waals surface area contributed by atoms with Crippen LogP contribution in [0.1, 0.15) is 41.5 Å². The zero-order valence-electron chi connectivity index (χ0n) is 15.9. The molecule has 1 atom stereocenters. The summed E-state index contributed by atoms with van der Waals surface area (Å²) in [6.45, 7) is 5.48. The molecule has 1 aromatic carbocycles. The number of carbonyl (C=O) groups is 2. The number of para-hydroxylation sites is 1. The molecule has 1 N–H and O–H groups in total. The van der Waals surface area contributed by atoms with Crippen molar-refractivity contribution in [2.45, 2.75) is 33.2 Å². The number of hydrogen-bond donors (Lipinski definition) is 1. The minimum Gasteiger partial charge on any atom is -0.464 e. The van der Waals surface area contributed by atoms with Gasteiger partial charge in [0.25, 0.3) is 11.5 Å². The third-order valence-corrected chi connectivity index (χ3v) is 5.59. The van der Waals surface area contributed by atoms with Gasteiger partial charge in [-0.3, -0.25) is 14.2 Å². The minimum absolute atomic E-state index is 0.237. The van der Waals surface area contributed by atoms with E-state index in [1.165, 1.54) is 10.9 Å². The van der Waals surface area contributed by atoms with E-state index in [9.17, 15) is 14.4 Å². The second kappa shape index (κ2) is 8.35. The van der Waals surface area contributed by atoms with Crippen molar-refractivity contribution < 1.29 is 14.3 Å². The first-order chi connectivity index (χ1) is 13.5. The average Bonchev–Trinajstić information content (AvgIpc) is 3.02. The maximum Gasteiger partial charge on any atom is 0.329 e. The lowest BCUT2D eigenvalue weighted by atomic mass is 10.2. The lowest BCUT2D eigenvalue weighted by Gasteiger charge is -2.16. The van der Waals surface area contributed by atoms with Crippen molar-refractivity contribution in [1.29, 1.82) is 0 Å². The van der Waals surface area contributed by atoms with E-state index in [2.05, 4.69) is 10.3 Å². The quantitative estimate of drug-likeness (QED) is 0.641. The highest BCUT2D eigenvalue weighted by Gasteiger charge is 2.25. The van der Waals surface area contributed by atoms with Crippen LogP contribution < -0.4 is 10.9 Å². The Balaban J connectivity index is 2.02. The predicted octanol–water partition coefficient (Wildman–Crippen LogP) is 3.53. The molecule has 28 heavy (non-hydrogen) atoms. The van der Waals surface area contributed by atoms with E-state index in [1.54, 1.807) is 32.9 Å². The molecule has 0 radical (unpaired) electrons. The van der Waals surface area contributed by atoms with Gasteiger partial charge in [-0.1, -0.05) is 25.1 Å². The van der Waals surface area contributed by atoms with Crippen LogP contribution in [0.2, 0.25) is 0 Å². The number of esters is 1. The van der Waals surface area contributed by atoms with Crippen LogP contribution in [-0.4, -0.2) is 28.0 Å². The van der Waals surface area contributed by atoms with E-state index in [1.807, 2.05) is 18.2 Å². The number of carbonyl (C=O) groups excluding carboxylic acids is 2.